The molecule has 1 aromatic heterocycles. The van der Waals surface area contributed by atoms with Gasteiger partial charge in [0, 0.05) is 25.2 Å². The molecular weight excluding hydrogens is 388 g/mol. The van der Waals surface area contributed by atoms with Crippen LogP contribution in [0.3, 0.4) is 0 Å². The second-order valence-electron chi connectivity index (χ2n) is 8.03. The van der Waals surface area contributed by atoms with Crippen LogP contribution in [-0.4, -0.2) is 52.2 Å². The maximum Gasteiger partial charge on any atom is 0.241 e. The number of likely N-dealkylation sites (tertiary alicyclic amines) is 1. The minimum absolute atomic E-state index is 0.426. The van der Waals surface area contributed by atoms with Gasteiger partial charge in [-0.2, -0.15) is 4.98 Å². The summed E-state index contributed by atoms with van der Waals surface area (Å²) in [5.41, 5.74) is 2.24. The molecular formula is C25H32N4O2. The summed E-state index contributed by atoms with van der Waals surface area (Å²) in [4.78, 5) is 9.69. The summed E-state index contributed by atoms with van der Waals surface area (Å²) in [5, 5.41) is 4.22. The van der Waals surface area contributed by atoms with Gasteiger partial charge < -0.3 is 9.26 Å². The number of para-hydroxylation sites is 1. The zero-order chi connectivity index (χ0) is 21.6. The summed E-state index contributed by atoms with van der Waals surface area (Å²) < 4.78 is 11.3. The molecule has 1 saturated heterocycles. The fourth-order valence-electron chi connectivity index (χ4n) is 4.39. The maximum atomic E-state index is 5.72. The number of nitrogens with zero attached hydrogens (tertiary/aromatic N) is 4. The molecule has 6 heteroatoms. The van der Waals surface area contributed by atoms with Crippen LogP contribution in [-0.2, 0) is 6.54 Å². The molecule has 0 saturated carbocycles. The molecule has 6 nitrogen and oxygen atoms in total. The SMILES string of the molecule is CCOc1ccccc1-c1noc(CN(CC)C2CCN(C(C)c3ccccc3)C2)n1. The van der Waals surface area contributed by atoms with Crippen molar-refractivity contribution in [1.29, 1.82) is 0 Å². The van der Waals surface area contributed by atoms with E-state index in [4.69, 9.17) is 9.26 Å². The Balaban J connectivity index is 1.41. The molecule has 0 aliphatic carbocycles. The first-order valence-corrected chi connectivity index (χ1v) is 11.3. The Hall–Kier alpha value is -2.70. The van der Waals surface area contributed by atoms with Crippen LogP contribution in [0.2, 0.25) is 0 Å². The standard InChI is InChI=1S/C25H32N4O2/c1-4-28(21-15-16-29(17-21)19(3)20-11-7-6-8-12-20)18-24-26-25(27-31-24)22-13-9-10-14-23(22)30-5-2/h6-14,19,21H,4-5,15-18H2,1-3H3. The van der Waals surface area contributed by atoms with Gasteiger partial charge in [0.2, 0.25) is 11.7 Å². The van der Waals surface area contributed by atoms with Gasteiger partial charge in [-0.3, -0.25) is 9.80 Å². The number of likely N-dealkylation sites (N-methyl/N-ethyl adjacent to an activating group) is 1. The number of hydrogen-bond donors (Lipinski definition) is 0. The topological polar surface area (TPSA) is 54.6 Å². The Morgan fingerprint density at radius 1 is 1.13 bits per heavy atom. The summed E-state index contributed by atoms with van der Waals surface area (Å²) >= 11 is 0. The van der Waals surface area contributed by atoms with Crippen molar-refractivity contribution < 1.29 is 9.26 Å². The van der Waals surface area contributed by atoms with E-state index < -0.39 is 0 Å². The second-order valence-corrected chi connectivity index (χ2v) is 8.03. The molecule has 1 aliphatic rings. The van der Waals surface area contributed by atoms with E-state index in [2.05, 4.69) is 64.1 Å². The highest BCUT2D eigenvalue weighted by molar-refractivity contribution is 5.63. The predicted octanol–water partition coefficient (Wildman–Crippen LogP) is 4.79. The predicted molar refractivity (Wildman–Crippen MR) is 122 cm³/mol. The normalized spacial score (nSPS) is 17.9. The van der Waals surface area contributed by atoms with Gasteiger partial charge in [-0.25, -0.2) is 0 Å². The molecule has 2 aromatic carbocycles. The smallest absolute Gasteiger partial charge is 0.241 e. The lowest BCUT2D eigenvalue weighted by molar-refractivity contribution is 0.162. The minimum atomic E-state index is 0.426. The average Bonchev–Trinajstić information content (AvgIpc) is 3.48. The van der Waals surface area contributed by atoms with Crippen molar-refractivity contribution in [3.8, 4) is 17.1 Å². The summed E-state index contributed by atoms with van der Waals surface area (Å²) in [5.74, 6) is 2.02. The molecule has 164 valence electrons. The van der Waals surface area contributed by atoms with Gasteiger partial charge >= 0.3 is 0 Å². The van der Waals surface area contributed by atoms with Crippen molar-refractivity contribution in [1.82, 2.24) is 19.9 Å². The highest BCUT2D eigenvalue weighted by atomic mass is 16.5. The first-order chi connectivity index (χ1) is 15.2. The highest BCUT2D eigenvalue weighted by Gasteiger charge is 2.31. The van der Waals surface area contributed by atoms with Crippen molar-refractivity contribution in [3.63, 3.8) is 0 Å². The number of ether oxygens (including phenoxy) is 1. The van der Waals surface area contributed by atoms with E-state index in [0.29, 0.717) is 37.0 Å². The number of hydrogen-bond acceptors (Lipinski definition) is 6. The molecule has 0 radical (unpaired) electrons. The number of rotatable bonds is 9. The van der Waals surface area contributed by atoms with Gasteiger partial charge in [0.25, 0.3) is 0 Å². The third-order valence-corrected chi connectivity index (χ3v) is 6.18. The molecule has 1 aliphatic heterocycles. The summed E-state index contributed by atoms with van der Waals surface area (Å²) in [6.07, 6.45) is 1.15. The van der Waals surface area contributed by atoms with E-state index in [1.165, 1.54) is 5.56 Å². The van der Waals surface area contributed by atoms with Crippen LogP contribution in [0, 0.1) is 0 Å². The van der Waals surface area contributed by atoms with E-state index in [-0.39, 0.29) is 0 Å². The lowest BCUT2D eigenvalue weighted by Crippen LogP contribution is -2.37. The van der Waals surface area contributed by atoms with Crippen molar-refractivity contribution in [2.45, 2.75) is 45.8 Å². The van der Waals surface area contributed by atoms with Crippen molar-refractivity contribution >= 4 is 0 Å². The molecule has 3 aromatic rings. The first-order valence-electron chi connectivity index (χ1n) is 11.3. The molecule has 1 fully saturated rings. The van der Waals surface area contributed by atoms with Crippen molar-refractivity contribution in [2.75, 3.05) is 26.2 Å². The Kier molecular flexibility index (Phi) is 6.99. The van der Waals surface area contributed by atoms with Crippen LogP contribution in [0.15, 0.2) is 59.1 Å². The summed E-state index contributed by atoms with van der Waals surface area (Å²) in [6, 6.07) is 19.5. The molecule has 0 amide bonds. The fraction of sp³-hybridized carbons (Fsp3) is 0.440. The molecule has 0 bridgehead atoms. The molecule has 4 rings (SSSR count). The van der Waals surface area contributed by atoms with E-state index in [1.807, 2.05) is 31.2 Å². The van der Waals surface area contributed by atoms with Gasteiger partial charge in [-0.1, -0.05) is 54.5 Å². The third kappa shape index (κ3) is 4.97. The van der Waals surface area contributed by atoms with E-state index in [9.17, 15) is 0 Å². The molecule has 31 heavy (non-hydrogen) atoms. The number of aromatic nitrogens is 2. The van der Waals surface area contributed by atoms with E-state index >= 15 is 0 Å². The molecule has 2 heterocycles. The zero-order valence-corrected chi connectivity index (χ0v) is 18.7. The van der Waals surface area contributed by atoms with Gasteiger partial charge in [0.05, 0.1) is 18.7 Å². The van der Waals surface area contributed by atoms with Crippen LogP contribution < -0.4 is 4.74 Å². The quantitative estimate of drug-likeness (QED) is 0.496. The maximum absolute atomic E-state index is 5.72. The van der Waals surface area contributed by atoms with Gasteiger partial charge in [0.15, 0.2) is 0 Å². The fourth-order valence-corrected chi connectivity index (χ4v) is 4.39. The van der Waals surface area contributed by atoms with Crippen LogP contribution in [0.1, 0.15) is 44.7 Å². The third-order valence-electron chi connectivity index (χ3n) is 6.18. The van der Waals surface area contributed by atoms with E-state index in [0.717, 1.165) is 37.4 Å². The summed E-state index contributed by atoms with van der Waals surface area (Å²) in [6.45, 7) is 10.8. The van der Waals surface area contributed by atoms with Crippen LogP contribution in [0.25, 0.3) is 11.4 Å². The van der Waals surface area contributed by atoms with Crippen LogP contribution in [0.5, 0.6) is 5.75 Å². The second kappa shape index (κ2) is 10.1. The molecule has 0 spiro atoms. The zero-order valence-electron chi connectivity index (χ0n) is 18.7. The van der Waals surface area contributed by atoms with Crippen LogP contribution >= 0.6 is 0 Å². The average molecular weight is 421 g/mol. The van der Waals surface area contributed by atoms with Gasteiger partial charge in [-0.05, 0) is 44.5 Å². The number of benzene rings is 2. The van der Waals surface area contributed by atoms with Gasteiger partial charge in [-0.15, -0.1) is 0 Å². The van der Waals surface area contributed by atoms with Crippen LogP contribution in [0.4, 0.5) is 0 Å². The van der Waals surface area contributed by atoms with E-state index in [1.54, 1.807) is 0 Å². The summed E-state index contributed by atoms with van der Waals surface area (Å²) in [7, 11) is 0. The van der Waals surface area contributed by atoms with Crippen molar-refractivity contribution in [2.24, 2.45) is 0 Å². The Morgan fingerprint density at radius 2 is 1.90 bits per heavy atom. The molecule has 2 unspecified atom stereocenters. The first kappa shape index (κ1) is 21.5. The Labute approximate surface area is 184 Å². The van der Waals surface area contributed by atoms with Crippen molar-refractivity contribution in [3.05, 3.63) is 66.1 Å². The molecule has 2 atom stereocenters. The minimum Gasteiger partial charge on any atom is -0.493 e. The monoisotopic (exact) mass is 420 g/mol. The Bertz CT molecular complexity index is 959. The Morgan fingerprint density at radius 3 is 2.68 bits per heavy atom. The highest BCUT2D eigenvalue weighted by Crippen LogP contribution is 2.29. The van der Waals surface area contributed by atoms with Gasteiger partial charge in [0.1, 0.15) is 5.75 Å². The largest absolute Gasteiger partial charge is 0.493 e. The lowest BCUT2D eigenvalue weighted by Gasteiger charge is -2.28. The molecule has 0 N–H and O–H groups in total. The lowest BCUT2D eigenvalue weighted by atomic mass is 10.1.